The summed E-state index contributed by atoms with van der Waals surface area (Å²) in [5, 5.41) is 3.17. The fourth-order valence-electron chi connectivity index (χ4n) is 1.79. The average molecular weight is 265 g/mol. The van der Waals surface area contributed by atoms with Gasteiger partial charge >= 0.3 is 0 Å². The molecule has 106 valence electrons. The molecule has 19 heavy (non-hydrogen) atoms. The minimum atomic E-state index is -0.448. The number of nitrogens with zero attached hydrogens (tertiary/aromatic N) is 1. The van der Waals surface area contributed by atoms with Crippen molar-refractivity contribution in [1.29, 1.82) is 0 Å². The van der Waals surface area contributed by atoms with Gasteiger partial charge in [-0.1, -0.05) is 24.3 Å². The largest absolute Gasteiger partial charge is 0.380 e. The van der Waals surface area contributed by atoms with E-state index in [1.54, 1.807) is 7.11 Å². The van der Waals surface area contributed by atoms with Gasteiger partial charge in [0.25, 0.3) is 0 Å². The van der Waals surface area contributed by atoms with Crippen LogP contribution in [-0.4, -0.2) is 45.1 Å². The number of likely N-dealkylation sites (N-methyl/N-ethyl adjacent to an activating group) is 1. The van der Waals surface area contributed by atoms with Crippen LogP contribution in [-0.2, 0) is 16.1 Å². The fraction of sp³-hybridized carbons (Fsp3) is 0.500. The lowest BCUT2D eigenvalue weighted by Gasteiger charge is -2.18. The molecule has 1 aromatic rings. The van der Waals surface area contributed by atoms with Gasteiger partial charge in [0.15, 0.2) is 0 Å². The van der Waals surface area contributed by atoms with E-state index in [1.807, 2.05) is 43.3 Å². The molecule has 0 aliphatic carbocycles. The number of methoxy groups -OCH3 is 1. The quantitative estimate of drug-likeness (QED) is 0.719. The van der Waals surface area contributed by atoms with Crippen molar-refractivity contribution in [3.05, 3.63) is 35.4 Å². The van der Waals surface area contributed by atoms with Crippen molar-refractivity contribution in [1.82, 2.24) is 10.2 Å². The Morgan fingerprint density at radius 2 is 2.00 bits per heavy atom. The number of nitrogens with one attached hydrogen (secondary N) is 1. The Kier molecular flexibility index (Phi) is 6.49. The van der Waals surface area contributed by atoms with Crippen molar-refractivity contribution in [3.63, 3.8) is 0 Å². The molecule has 0 aliphatic heterocycles. The molecule has 1 atom stereocenters. The molecule has 1 aromatic carbocycles. The van der Waals surface area contributed by atoms with Gasteiger partial charge in [-0.2, -0.15) is 0 Å². The van der Waals surface area contributed by atoms with Crippen LogP contribution in [0.5, 0.6) is 0 Å². The third-order valence-electron chi connectivity index (χ3n) is 2.82. The van der Waals surface area contributed by atoms with Crippen LogP contribution in [0, 0.1) is 0 Å². The summed E-state index contributed by atoms with van der Waals surface area (Å²) in [6.45, 7) is 2.13. The summed E-state index contributed by atoms with van der Waals surface area (Å²) in [4.78, 5) is 13.6. The highest BCUT2D eigenvalue weighted by Gasteiger charge is 2.16. The molecule has 5 heteroatoms. The zero-order chi connectivity index (χ0) is 14.3. The summed E-state index contributed by atoms with van der Waals surface area (Å²) in [6, 6.07) is 7.26. The second-order valence-corrected chi connectivity index (χ2v) is 4.77. The number of hydrogen-bond acceptors (Lipinski definition) is 4. The van der Waals surface area contributed by atoms with Crippen molar-refractivity contribution < 1.29 is 9.53 Å². The minimum Gasteiger partial charge on any atom is -0.380 e. The van der Waals surface area contributed by atoms with E-state index in [0.29, 0.717) is 13.2 Å². The van der Waals surface area contributed by atoms with Crippen molar-refractivity contribution in [3.8, 4) is 0 Å². The lowest BCUT2D eigenvalue weighted by molar-refractivity contribution is -0.120. The van der Waals surface area contributed by atoms with Gasteiger partial charge in [-0.3, -0.25) is 4.79 Å². The van der Waals surface area contributed by atoms with Gasteiger partial charge in [0, 0.05) is 20.2 Å². The van der Waals surface area contributed by atoms with Crippen LogP contribution in [0.1, 0.15) is 17.2 Å². The first-order chi connectivity index (χ1) is 9.04. The average Bonchev–Trinajstić information content (AvgIpc) is 2.35. The molecule has 0 bridgehead atoms. The van der Waals surface area contributed by atoms with Gasteiger partial charge in [0.2, 0.25) is 5.91 Å². The molecule has 1 unspecified atom stereocenters. The maximum Gasteiger partial charge on any atom is 0.239 e. The zero-order valence-electron chi connectivity index (χ0n) is 11.8. The van der Waals surface area contributed by atoms with Crippen molar-refractivity contribution >= 4 is 5.91 Å². The normalized spacial score (nSPS) is 12.6. The van der Waals surface area contributed by atoms with Gasteiger partial charge in [0.1, 0.15) is 6.04 Å². The second-order valence-electron chi connectivity index (χ2n) is 4.77. The Bertz CT molecular complexity index is 390. The van der Waals surface area contributed by atoms with E-state index in [0.717, 1.165) is 17.7 Å². The zero-order valence-corrected chi connectivity index (χ0v) is 11.8. The lowest BCUT2D eigenvalue weighted by atomic mass is 10.0. The van der Waals surface area contributed by atoms with Crippen LogP contribution in [0.4, 0.5) is 0 Å². The van der Waals surface area contributed by atoms with Gasteiger partial charge in [-0.15, -0.1) is 0 Å². The number of ether oxygens (including phenoxy) is 1. The first kappa shape index (κ1) is 15.6. The summed E-state index contributed by atoms with van der Waals surface area (Å²) < 4.78 is 5.05. The fourth-order valence-corrected chi connectivity index (χ4v) is 1.79. The first-order valence-corrected chi connectivity index (χ1v) is 6.29. The maximum absolute atomic E-state index is 11.5. The first-order valence-electron chi connectivity index (χ1n) is 6.29. The molecule has 0 fully saturated rings. The molecule has 0 saturated carbocycles. The van der Waals surface area contributed by atoms with Crippen molar-refractivity contribution in [2.75, 3.05) is 34.3 Å². The molecule has 0 radical (unpaired) electrons. The van der Waals surface area contributed by atoms with Crippen LogP contribution in [0.2, 0.25) is 0 Å². The second kappa shape index (κ2) is 7.89. The van der Waals surface area contributed by atoms with E-state index in [1.165, 1.54) is 0 Å². The number of nitrogens with two attached hydrogens (primary N) is 1. The molecule has 1 rings (SSSR count). The van der Waals surface area contributed by atoms with Crippen LogP contribution >= 0.6 is 0 Å². The smallest absolute Gasteiger partial charge is 0.239 e. The third-order valence-corrected chi connectivity index (χ3v) is 2.82. The third kappa shape index (κ3) is 5.38. The van der Waals surface area contributed by atoms with Crippen LogP contribution in [0.25, 0.3) is 0 Å². The van der Waals surface area contributed by atoms with Crippen molar-refractivity contribution in [2.24, 2.45) is 5.73 Å². The summed E-state index contributed by atoms with van der Waals surface area (Å²) >= 11 is 0. The highest BCUT2D eigenvalue weighted by atomic mass is 16.5. The van der Waals surface area contributed by atoms with E-state index < -0.39 is 6.04 Å². The van der Waals surface area contributed by atoms with Crippen molar-refractivity contribution in [2.45, 2.75) is 12.6 Å². The molecule has 0 aliphatic rings. The summed E-state index contributed by atoms with van der Waals surface area (Å²) in [6.07, 6.45) is 0. The molecule has 0 saturated heterocycles. The van der Waals surface area contributed by atoms with Crippen LogP contribution < -0.4 is 11.1 Å². The molecule has 1 amide bonds. The predicted molar refractivity (Wildman–Crippen MR) is 75.6 cm³/mol. The SMILES string of the molecule is COCc1ccc(C(NCCN(C)C)C(N)=O)cc1. The standard InChI is InChI=1S/C14H23N3O2/c1-17(2)9-8-16-13(14(15)18)12-6-4-11(5-7-12)10-19-3/h4-7,13,16H,8-10H2,1-3H3,(H2,15,18). The topological polar surface area (TPSA) is 67.6 Å². The molecule has 0 aromatic heterocycles. The van der Waals surface area contributed by atoms with E-state index >= 15 is 0 Å². The molecule has 3 N–H and O–H groups in total. The molecule has 0 spiro atoms. The highest BCUT2D eigenvalue weighted by molar-refractivity contribution is 5.81. The Hall–Kier alpha value is -1.43. The Morgan fingerprint density at radius 3 is 2.47 bits per heavy atom. The molecular formula is C14H23N3O2. The van der Waals surface area contributed by atoms with Gasteiger partial charge in [-0.05, 0) is 25.2 Å². The van der Waals surface area contributed by atoms with E-state index in [2.05, 4.69) is 5.32 Å². The summed E-state index contributed by atoms with van der Waals surface area (Å²) in [5.74, 6) is -0.363. The van der Waals surface area contributed by atoms with Gasteiger partial charge in [-0.25, -0.2) is 0 Å². The number of rotatable bonds is 8. The summed E-state index contributed by atoms with van der Waals surface area (Å²) in [5.41, 5.74) is 7.40. The number of amides is 1. The number of benzene rings is 1. The van der Waals surface area contributed by atoms with Gasteiger partial charge in [0.05, 0.1) is 6.61 Å². The van der Waals surface area contributed by atoms with Gasteiger partial charge < -0.3 is 20.7 Å². The maximum atomic E-state index is 11.5. The molecular weight excluding hydrogens is 242 g/mol. The monoisotopic (exact) mass is 265 g/mol. The van der Waals surface area contributed by atoms with E-state index in [-0.39, 0.29) is 5.91 Å². The number of primary amides is 1. The molecule has 0 heterocycles. The van der Waals surface area contributed by atoms with Crippen LogP contribution in [0.15, 0.2) is 24.3 Å². The summed E-state index contributed by atoms with van der Waals surface area (Å²) in [7, 11) is 5.63. The van der Waals surface area contributed by atoms with E-state index in [4.69, 9.17) is 10.5 Å². The Balaban J connectivity index is 2.67. The Morgan fingerprint density at radius 1 is 1.37 bits per heavy atom. The van der Waals surface area contributed by atoms with E-state index in [9.17, 15) is 4.79 Å². The lowest BCUT2D eigenvalue weighted by Crippen LogP contribution is -2.37. The molecule has 5 nitrogen and oxygen atoms in total. The number of carbonyl (C=O) groups is 1. The number of hydrogen-bond donors (Lipinski definition) is 2. The Labute approximate surface area is 114 Å². The highest BCUT2D eigenvalue weighted by Crippen LogP contribution is 2.14. The predicted octanol–water partition coefficient (Wildman–Crippen LogP) is 0.511. The minimum absolute atomic E-state index is 0.363. The van der Waals surface area contributed by atoms with Crippen LogP contribution in [0.3, 0.4) is 0 Å². The number of carbonyl (C=O) groups excluding carboxylic acids is 1.